The average molecular weight is 441 g/mol. The van der Waals surface area contributed by atoms with Gasteiger partial charge < -0.3 is 5.32 Å². The van der Waals surface area contributed by atoms with Crippen LogP contribution in [0.3, 0.4) is 0 Å². The summed E-state index contributed by atoms with van der Waals surface area (Å²) in [4.78, 5) is 12.5. The van der Waals surface area contributed by atoms with Crippen molar-refractivity contribution in [3.05, 3.63) is 95.6 Å². The highest BCUT2D eigenvalue weighted by atomic mass is 32.2. The molecule has 2 N–H and O–H groups in total. The number of benzene rings is 3. The first kappa shape index (κ1) is 21.9. The molecule has 7 heteroatoms. The Balaban J connectivity index is 1.55. The molecular weight excluding hydrogens is 416 g/mol. The standard InChI is InChI=1S/C23H24N2O3S2/c1-18-7-5-11-21(15-18)25-30(27,28)22-12-6-10-20(16-22)23(26)24-13-14-29-17-19-8-3-2-4-9-19/h2-12,15-16,25H,13-14,17H2,1H3,(H,24,26). The molecular formula is C23H24N2O3S2. The summed E-state index contributed by atoms with van der Waals surface area (Å²) in [5, 5.41) is 2.85. The van der Waals surface area contributed by atoms with Crippen molar-refractivity contribution in [3.8, 4) is 0 Å². The van der Waals surface area contributed by atoms with Crippen LogP contribution in [0.4, 0.5) is 5.69 Å². The second-order valence-electron chi connectivity index (χ2n) is 6.80. The van der Waals surface area contributed by atoms with E-state index in [4.69, 9.17) is 0 Å². The first-order valence-electron chi connectivity index (χ1n) is 9.53. The van der Waals surface area contributed by atoms with Crippen molar-refractivity contribution in [1.82, 2.24) is 5.32 Å². The summed E-state index contributed by atoms with van der Waals surface area (Å²) in [5.41, 5.74) is 3.00. The van der Waals surface area contributed by atoms with Crippen molar-refractivity contribution in [1.29, 1.82) is 0 Å². The molecule has 0 saturated carbocycles. The Morgan fingerprint density at radius 3 is 2.47 bits per heavy atom. The normalized spacial score (nSPS) is 11.1. The topological polar surface area (TPSA) is 75.3 Å². The molecule has 0 spiro atoms. The van der Waals surface area contributed by atoms with Crippen LogP contribution < -0.4 is 10.0 Å². The van der Waals surface area contributed by atoms with Crippen LogP contribution in [0.15, 0.2) is 83.8 Å². The first-order valence-corrected chi connectivity index (χ1v) is 12.2. The molecule has 0 heterocycles. The number of carbonyl (C=O) groups is 1. The van der Waals surface area contributed by atoms with Gasteiger partial charge in [-0.1, -0.05) is 48.5 Å². The lowest BCUT2D eigenvalue weighted by atomic mass is 10.2. The minimum atomic E-state index is -3.78. The van der Waals surface area contributed by atoms with Crippen LogP contribution in [0.1, 0.15) is 21.5 Å². The van der Waals surface area contributed by atoms with Gasteiger partial charge in [-0.05, 0) is 48.4 Å². The molecule has 3 aromatic carbocycles. The molecule has 0 aliphatic carbocycles. The molecule has 30 heavy (non-hydrogen) atoms. The number of aryl methyl sites for hydroxylation is 1. The number of thioether (sulfide) groups is 1. The Bertz CT molecular complexity index is 1100. The molecule has 3 aromatic rings. The van der Waals surface area contributed by atoms with E-state index in [2.05, 4.69) is 22.2 Å². The number of sulfonamides is 1. The highest BCUT2D eigenvalue weighted by molar-refractivity contribution is 7.98. The van der Waals surface area contributed by atoms with Crippen molar-refractivity contribution in [2.75, 3.05) is 17.0 Å². The highest BCUT2D eigenvalue weighted by Crippen LogP contribution is 2.18. The van der Waals surface area contributed by atoms with Crippen LogP contribution in [0.2, 0.25) is 0 Å². The van der Waals surface area contributed by atoms with Crippen LogP contribution >= 0.6 is 11.8 Å². The van der Waals surface area contributed by atoms with Gasteiger partial charge in [0.15, 0.2) is 0 Å². The summed E-state index contributed by atoms with van der Waals surface area (Å²) in [6.45, 7) is 2.40. The molecule has 0 bridgehead atoms. The van der Waals surface area contributed by atoms with Gasteiger partial charge in [-0.2, -0.15) is 11.8 Å². The number of hydrogen-bond acceptors (Lipinski definition) is 4. The van der Waals surface area contributed by atoms with Crippen LogP contribution in [0.25, 0.3) is 0 Å². The first-order chi connectivity index (χ1) is 14.4. The molecule has 0 unspecified atom stereocenters. The van der Waals surface area contributed by atoms with Gasteiger partial charge in [0.2, 0.25) is 0 Å². The molecule has 0 aliphatic heterocycles. The zero-order valence-electron chi connectivity index (χ0n) is 16.7. The third-order valence-electron chi connectivity index (χ3n) is 4.32. The van der Waals surface area contributed by atoms with Crippen LogP contribution in [-0.4, -0.2) is 26.6 Å². The van der Waals surface area contributed by atoms with Gasteiger partial charge in [-0.3, -0.25) is 9.52 Å². The van der Waals surface area contributed by atoms with E-state index in [-0.39, 0.29) is 10.8 Å². The molecule has 0 radical (unpaired) electrons. The van der Waals surface area contributed by atoms with Gasteiger partial charge in [-0.25, -0.2) is 8.42 Å². The lowest BCUT2D eigenvalue weighted by Gasteiger charge is -2.10. The quantitative estimate of drug-likeness (QED) is 0.482. The van der Waals surface area contributed by atoms with E-state index in [1.165, 1.54) is 17.7 Å². The Hall–Kier alpha value is -2.77. The Kier molecular flexibility index (Phi) is 7.54. The zero-order chi connectivity index (χ0) is 21.4. The molecule has 0 aliphatic rings. The fraction of sp³-hybridized carbons (Fsp3) is 0.174. The molecule has 1 amide bonds. The van der Waals surface area contributed by atoms with Crippen LogP contribution in [0.5, 0.6) is 0 Å². The highest BCUT2D eigenvalue weighted by Gasteiger charge is 2.16. The van der Waals surface area contributed by atoms with E-state index < -0.39 is 10.0 Å². The number of hydrogen-bond donors (Lipinski definition) is 2. The van der Waals surface area contributed by atoms with Crippen LogP contribution in [0, 0.1) is 6.92 Å². The second kappa shape index (κ2) is 10.3. The maximum Gasteiger partial charge on any atom is 0.261 e. The third kappa shape index (κ3) is 6.37. The fourth-order valence-electron chi connectivity index (χ4n) is 2.83. The van der Waals surface area contributed by atoms with Crippen molar-refractivity contribution in [2.45, 2.75) is 17.6 Å². The summed E-state index contributed by atoms with van der Waals surface area (Å²) in [5.74, 6) is 1.37. The Morgan fingerprint density at radius 1 is 0.933 bits per heavy atom. The Morgan fingerprint density at radius 2 is 1.70 bits per heavy atom. The van der Waals surface area contributed by atoms with Crippen LogP contribution in [-0.2, 0) is 15.8 Å². The lowest BCUT2D eigenvalue weighted by Crippen LogP contribution is -2.26. The van der Waals surface area contributed by atoms with E-state index >= 15 is 0 Å². The molecule has 3 rings (SSSR count). The lowest BCUT2D eigenvalue weighted by molar-refractivity contribution is 0.0956. The van der Waals surface area contributed by atoms with Gasteiger partial charge >= 0.3 is 0 Å². The second-order valence-corrected chi connectivity index (χ2v) is 9.58. The summed E-state index contributed by atoms with van der Waals surface area (Å²) in [6.07, 6.45) is 0. The monoisotopic (exact) mass is 440 g/mol. The zero-order valence-corrected chi connectivity index (χ0v) is 18.3. The number of rotatable bonds is 9. The fourth-order valence-corrected chi connectivity index (χ4v) is 4.74. The number of nitrogens with one attached hydrogen (secondary N) is 2. The average Bonchev–Trinajstić information content (AvgIpc) is 2.74. The van der Waals surface area contributed by atoms with Gasteiger partial charge in [0.25, 0.3) is 15.9 Å². The maximum atomic E-state index is 12.7. The molecule has 156 valence electrons. The van der Waals surface area contributed by atoms with Gasteiger partial charge in [0.1, 0.15) is 0 Å². The number of amides is 1. The maximum absolute atomic E-state index is 12.7. The minimum absolute atomic E-state index is 0.0510. The minimum Gasteiger partial charge on any atom is -0.351 e. The van der Waals surface area contributed by atoms with Crippen molar-refractivity contribution in [2.24, 2.45) is 0 Å². The predicted octanol–water partition coefficient (Wildman–Crippen LogP) is 4.46. The molecule has 5 nitrogen and oxygen atoms in total. The van der Waals surface area contributed by atoms with Gasteiger partial charge in [-0.15, -0.1) is 0 Å². The van der Waals surface area contributed by atoms with E-state index in [9.17, 15) is 13.2 Å². The number of carbonyl (C=O) groups excluding carboxylic acids is 1. The molecule has 0 atom stereocenters. The van der Waals surface area contributed by atoms with Gasteiger partial charge in [0, 0.05) is 29.3 Å². The van der Waals surface area contributed by atoms with Crippen molar-refractivity contribution in [3.63, 3.8) is 0 Å². The Labute approximate surface area is 182 Å². The molecule has 0 aromatic heterocycles. The number of anilines is 1. The summed E-state index contributed by atoms with van der Waals surface area (Å²) in [6, 6.07) is 23.3. The summed E-state index contributed by atoms with van der Waals surface area (Å²) >= 11 is 1.73. The summed E-state index contributed by atoms with van der Waals surface area (Å²) < 4.78 is 27.9. The third-order valence-corrected chi connectivity index (χ3v) is 6.73. The van der Waals surface area contributed by atoms with E-state index in [1.807, 2.05) is 31.2 Å². The predicted molar refractivity (Wildman–Crippen MR) is 123 cm³/mol. The van der Waals surface area contributed by atoms with Crippen molar-refractivity contribution < 1.29 is 13.2 Å². The molecule has 0 fully saturated rings. The van der Waals surface area contributed by atoms with E-state index in [0.717, 1.165) is 17.1 Å². The van der Waals surface area contributed by atoms with E-state index in [0.29, 0.717) is 17.8 Å². The van der Waals surface area contributed by atoms with Gasteiger partial charge in [0.05, 0.1) is 4.90 Å². The van der Waals surface area contributed by atoms with Crippen molar-refractivity contribution >= 4 is 33.4 Å². The SMILES string of the molecule is Cc1cccc(NS(=O)(=O)c2cccc(C(=O)NCCSCc3ccccc3)c2)c1. The summed E-state index contributed by atoms with van der Waals surface area (Å²) in [7, 11) is -3.78. The smallest absolute Gasteiger partial charge is 0.261 e. The largest absolute Gasteiger partial charge is 0.351 e. The molecule has 0 saturated heterocycles. The van der Waals surface area contributed by atoms with E-state index in [1.54, 1.807) is 42.1 Å².